The van der Waals surface area contributed by atoms with Gasteiger partial charge in [0, 0.05) is 5.02 Å². The normalized spacial score (nSPS) is 11.9. The van der Waals surface area contributed by atoms with Gasteiger partial charge in [0.15, 0.2) is 5.75 Å². The van der Waals surface area contributed by atoms with Gasteiger partial charge in [0.1, 0.15) is 10.6 Å². The second-order valence-corrected chi connectivity index (χ2v) is 9.01. The number of hydrogen-bond donors (Lipinski definition) is 1. The molecule has 0 spiro atoms. The minimum absolute atomic E-state index is 0.00448. The molecule has 1 amide bonds. The smallest absolute Gasteiger partial charge is 0.416 e. The van der Waals surface area contributed by atoms with Crippen LogP contribution in [0.4, 0.5) is 13.2 Å². The van der Waals surface area contributed by atoms with E-state index in [0.29, 0.717) is 22.7 Å². The number of alkyl halides is 3. The summed E-state index contributed by atoms with van der Waals surface area (Å²) in [5.74, 6) is -0.492. The van der Waals surface area contributed by atoms with Crippen LogP contribution in [0.1, 0.15) is 16.7 Å². The highest BCUT2D eigenvalue weighted by atomic mass is 35.5. The Morgan fingerprint density at radius 1 is 1.06 bits per heavy atom. The number of carbonyl (C=O) groups is 1. The first kappa shape index (κ1) is 26.0. The summed E-state index contributed by atoms with van der Waals surface area (Å²) in [5, 5.41) is 4.31. The first-order chi connectivity index (χ1) is 16.5. The number of methoxy groups -OCH3 is 1. The Morgan fingerprint density at radius 3 is 2.34 bits per heavy atom. The van der Waals surface area contributed by atoms with Crippen molar-refractivity contribution in [1.29, 1.82) is 0 Å². The SMILES string of the molecule is COc1cccc(OS(=O)(=O)c2ccc(C(F)(F)F)cc2)c1/C=N/NC(=O)Cc1cccc(Cl)c1. The molecule has 0 fully saturated rings. The van der Waals surface area contributed by atoms with Crippen LogP contribution in [-0.4, -0.2) is 27.6 Å². The molecular formula is C23H18ClF3N2O5S. The Balaban J connectivity index is 1.79. The highest BCUT2D eigenvalue weighted by Crippen LogP contribution is 2.32. The van der Waals surface area contributed by atoms with Gasteiger partial charge in [0.2, 0.25) is 5.91 Å². The number of hydrogen-bond acceptors (Lipinski definition) is 6. The van der Waals surface area contributed by atoms with Crippen LogP contribution in [0.3, 0.4) is 0 Å². The lowest BCUT2D eigenvalue weighted by Gasteiger charge is -2.13. The van der Waals surface area contributed by atoms with Crippen molar-refractivity contribution >= 4 is 33.8 Å². The van der Waals surface area contributed by atoms with E-state index in [4.69, 9.17) is 20.5 Å². The lowest BCUT2D eigenvalue weighted by Crippen LogP contribution is -2.20. The molecule has 1 N–H and O–H groups in total. The number of benzene rings is 3. The van der Waals surface area contributed by atoms with Gasteiger partial charge in [-0.2, -0.15) is 26.7 Å². The van der Waals surface area contributed by atoms with Crippen molar-refractivity contribution in [3.63, 3.8) is 0 Å². The van der Waals surface area contributed by atoms with Crippen LogP contribution in [0.15, 0.2) is 76.7 Å². The number of rotatable bonds is 8. The molecule has 0 radical (unpaired) electrons. The molecule has 7 nitrogen and oxygen atoms in total. The molecule has 3 aromatic rings. The van der Waals surface area contributed by atoms with Gasteiger partial charge < -0.3 is 8.92 Å². The molecule has 3 aromatic carbocycles. The average Bonchev–Trinajstić information content (AvgIpc) is 2.79. The number of carbonyl (C=O) groups excluding carboxylic acids is 1. The molecule has 0 saturated carbocycles. The Labute approximate surface area is 204 Å². The van der Waals surface area contributed by atoms with E-state index in [2.05, 4.69) is 10.5 Å². The van der Waals surface area contributed by atoms with E-state index < -0.39 is 32.7 Å². The van der Waals surface area contributed by atoms with Crippen molar-refractivity contribution in [2.24, 2.45) is 5.10 Å². The first-order valence-corrected chi connectivity index (χ1v) is 11.6. The Morgan fingerprint density at radius 2 is 1.71 bits per heavy atom. The summed E-state index contributed by atoms with van der Waals surface area (Å²) < 4.78 is 74.0. The topological polar surface area (TPSA) is 94.1 Å². The number of halogens is 4. The Bertz CT molecular complexity index is 1340. The summed E-state index contributed by atoms with van der Waals surface area (Å²) in [6.45, 7) is 0. The molecule has 0 atom stereocenters. The predicted molar refractivity (Wildman–Crippen MR) is 123 cm³/mol. The monoisotopic (exact) mass is 526 g/mol. The fourth-order valence-corrected chi connectivity index (χ4v) is 4.08. The third-order valence-corrected chi connectivity index (χ3v) is 6.04. The van der Waals surface area contributed by atoms with Gasteiger partial charge in [-0.1, -0.05) is 29.8 Å². The number of nitrogens with zero attached hydrogens (tertiary/aromatic N) is 1. The van der Waals surface area contributed by atoms with Gasteiger partial charge in [-0.05, 0) is 54.1 Å². The van der Waals surface area contributed by atoms with Gasteiger partial charge in [-0.3, -0.25) is 4.79 Å². The summed E-state index contributed by atoms with van der Waals surface area (Å²) in [5.41, 5.74) is 2.05. The van der Waals surface area contributed by atoms with E-state index >= 15 is 0 Å². The van der Waals surface area contributed by atoms with E-state index in [1.54, 1.807) is 24.3 Å². The van der Waals surface area contributed by atoms with Gasteiger partial charge in [0.05, 0.1) is 30.9 Å². The number of hydrazone groups is 1. The van der Waals surface area contributed by atoms with Crippen LogP contribution in [0.25, 0.3) is 0 Å². The quantitative estimate of drug-likeness (QED) is 0.258. The van der Waals surface area contributed by atoms with E-state index in [-0.39, 0.29) is 23.5 Å². The molecule has 35 heavy (non-hydrogen) atoms. The highest BCUT2D eigenvalue weighted by Gasteiger charge is 2.31. The van der Waals surface area contributed by atoms with Crippen molar-refractivity contribution in [3.8, 4) is 11.5 Å². The van der Waals surface area contributed by atoms with Crippen molar-refractivity contribution in [3.05, 3.63) is 88.4 Å². The standard InChI is InChI=1S/C23H18ClF3N2O5S/c1-33-20-6-3-7-21(34-35(31,32)18-10-8-16(9-11-18)23(25,26)27)19(20)14-28-29-22(30)13-15-4-2-5-17(24)12-15/h2-12,14H,13H2,1H3,(H,29,30)/b28-14+. The Kier molecular flexibility index (Phi) is 8.03. The van der Waals surface area contributed by atoms with Gasteiger partial charge >= 0.3 is 16.3 Å². The fraction of sp³-hybridized carbons (Fsp3) is 0.130. The van der Waals surface area contributed by atoms with Gasteiger partial charge in [-0.15, -0.1) is 0 Å². The van der Waals surface area contributed by atoms with E-state index in [1.807, 2.05) is 0 Å². The minimum atomic E-state index is -4.61. The van der Waals surface area contributed by atoms with E-state index in [9.17, 15) is 26.4 Å². The van der Waals surface area contributed by atoms with Crippen LogP contribution in [-0.2, 0) is 27.5 Å². The molecule has 0 unspecified atom stereocenters. The minimum Gasteiger partial charge on any atom is -0.496 e. The molecule has 0 aromatic heterocycles. The largest absolute Gasteiger partial charge is 0.496 e. The zero-order chi connectivity index (χ0) is 25.6. The van der Waals surface area contributed by atoms with E-state index in [0.717, 1.165) is 18.3 Å². The molecule has 0 aliphatic carbocycles. The van der Waals surface area contributed by atoms with Gasteiger partial charge in [-0.25, -0.2) is 5.43 Å². The summed E-state index contributed by atoms with van der Waals surface area (Å²) in [6, 6.07) is 13.8. The molecule has 0 aliphatic rings. The third-order valence-electron chi connectivity index (χ3n) is 4.55. The first-order valence-electron chi connectivity index (χ1n) is 9.85. The van der Waals surface area contributed by atoms with Crippen molar-refractivity contribution in [2.45, 2.75) is 17.5 Å². The second kappa shape index (κ2) is 10.8. The maximum absolute atomic E-state index is 12.8. The molecule has 12 heteroatoms. The number of amides is 1. The van der Waals surface area contributed by atoms with Crippen molar-refractivity contribution in [1.82, 2.24) is 5.43 Å². The summed E-state index contributed by atoms with van der Waals surface area (Å²) in [7, 11) is -3.16. The molecule has 0 heterocycles. The maximum Gasteiger partial charge on any atom is 0.416 e. The second-order valence-electron chi connectivity index (χ2n) is 7.03. The Hall–Kier alpha value is -3.57. The molecular weight excluding hydrogens is 509 g/mol. The highest BCUT2D eigenvalue weighted by molar-refractivity contribution is 7.87. The van der Waals surface area contributed by atoms with E-state index in [1.165, 1.54) is 25.3 Å². The number of ether oxygens (including phenoxy) is 1. The van der Waals surface area contributed by atoms with Crippen LogP contribution >= 0.6 is 11.6 Å². The zero-order valence-electron chi connectivity index (χ0n) is 18.0. The third kappa shape index (κ3) is 6.96. The van der Waals surface area contributed by atoms with Crippen molar-refractivity contribution < 1.29 is 35.3 Å². The fourth-order valence-electron chi connectivity index (χ4n) is 2.92. The summed E-state index contributed by atoms with van der Waals surface area (Å²) in [4.78, 5) is 11.7. The van der Waals surface area contributed by atoms with Crippen LogP contribution in [0.2, 0.25) is 5.02 Å². The zero-order valence-corrected chi connectivity index (χ0v) is 19.6. The predicted octanol–water partition coefficient (Wildman–Crippen LogP) is 4.83. The van der Waals surface area contributed by atoms with Gasteiger partial charge in [0.25, 0.3) is 0 Å². The summed E-state index contributed by atoms with van der Waals surface area (Å²) >= 11 is 5.90. The van der Waals surface area contributed by atoms with Crippen LogP contribution in [0.5, 0.6) is 11.5 Å². The molecule has 0 aliphatic heterocycles. The maximum atomic E-state index is 12.8. The van der Waals surface area contributed by atoms with Crippen molar-refractivity contribution in [2.75, 3.05) is 7.11 Å². The molecule has 184 valence electrons. The van der Waals surface area contributed by atoms with Crippen LogP contribution in [0, 0.1) is 0 Å². The average molecular weight is 527 g/mol. The lowest BCUT2D eigenvalue weighted by atomic mass is 10.1. The molecule has 0 bridgehead atoms. The molecule has 3 rings (SSSR count). The molecule has 0 saturated heterocycles. The summed E-state index contributed by atoms with van der Waals surface area (Å²) in [6.07, 6.45) is -3.49. The lowest BCUT2D eigenvalue weighted by molar-refractivity contribution is -0.137. The van der Waals surface area contributed by atoms with Crippen LogP contribution < -0.4 is 14.3 Å². The number of nitrogens with one attached hydrogen (secondary N) is 1.